The molecule has 4 heavy (non-hydrogen) atoms. The Morgan fingerprint density at radius 1 is 1.75 bits per heavy atom. The predicted molar refractivity (Wildman–Crippen MR) is 11.3 cm³/mol. The topological polar surface area (TPSA) is 23.8 Å². The number of nitrogens with zero attached hydrogens (tertiary/aromatic N) is 1. The second-order valence-corrected chi connectivity index (χ2v) is 0.224. The van der Waals surface area contributed by atoms with Crippen LogP contribution in [0, 0.1) is 11.3 Å². The summed E-state index contributed by atoms with van der Waals surface area (Å²) >= 11 is 0. The molecule has 0 saturated carbocycles. The molecule has 0 N–H and O–H groups in total. The van der Waals surface area contributed by atoms with Gasteiger partial charge in [-0.15, -0.1) is 0 Å². The van der Waals surface area contributed by atoms with Crippen LogP contribution in [0.3, 0.4) is 0 Å². The van der Waals surface area contributed by atoms with Crippen molar-refractivity contribution in [3.05, 3.63) is 0 Å². The van der Waals surface area contributed by atoms with Crippen LogP contribution < -0.4 is 0 Å². The van der Waals surface area contributed by atoms with Crippen molar-refractivity contribution < 1.29 is 22.4 Å². The summed E-state index contributed by atoms with van der Waals surface area (Å²) in [5.74, 6) is 0. The van der Waals surface area contributed by atoms with E-state index in [2.05, 4.69) is 0 Å². The van der Waals surface area contributed by atoms with Crippen molar-refractivity contribution in [2.45, 2.75) is 6.92 Å². The summed E-state index contributed by atoms with van der Waals surface area (Å²) in [4.78, 5) is 0. The molecule has 2 heteroatoms. The average molecular weight is 222 g/mol. The smallest absolute Gasteiger partial charge is 0.0587 e. The van der Waals surface area contributed by atoms with Crippen molar-refractivity contribution in [1.29, 1.82) is 5.26 Å². The van der Waals surface area contributed by atoms with E-state index in [4.69, 9.17) is 5.26 Å². The summed E-state index contributed by atoms with van der Waals surface area (Å²) < 4.78 is 0. The summed E-state index contributed by atoms with van der Waals surface area (Å²) in [5.41, 5.74) is 0. The second-order valence-electron chi connectivity index (χ2n) is 0.224. The molecule has 0 amide bonds. The molecule has 0 bridgehead atoms. The van der Waals surface area contributed by atoms with Crippen LogP contribution in [0.4, 0.5) is 0 Å². The van der Waals surface area contributed by atoms with Gasteiger partial charge in [0.2, 0.25) is 0 Å². The largest absolute Gasteiger partial charge is 0.199 e. The van der Waals surface area contributed by atoms with Crippen LogP contribution in [0.15, 0.2) is 0 Å². The fourth-order valence-electron chi connectivity index (χ4n) is 0. The van der Waals surface area contributed by atoms with Crippen molar-refractivity contribution in [3.8, 4) is 6.07 Å². The Morgan fingerprint density at radius 2 is 1.75 bits per heavy atom. The summed E-state index contributed by atoms with van der Waals surface area (Å²) in [6, 6.07) is 1.75. The van der Waals surface area contributed by atoms with Crippen LogP contribution >= 0.6 is 0 Å². The molecule has 0 rings (SSSR count). The summed E-state index contributed by atoms with van der Waals surface area (Å²) in [5, 5.41) is 7.32. The molecule has 0 fully saturated rings. The summed E-state index contributed by atoms with van der Waals surface area (Å²) in [6.45, 7) is 1.43. The maximum atomic E-state index is 7.32. The zero-order valence-corrected chi connectivity index (χ0v) is 5.61. The van der Waals surface area contributed by atoms with E-state index in [0.29, 0.717) is 0 Å². The molecule has 0 unspecified atom stereocenters. The summed E-state index contributed by atoms with van der Waals surface area (Å²) in [6.07, 6.45) is 0. The van der Waals surface area contributed by atoms with Gasteiger partial charge in [-0.3, -0.25) is 0 Å². The monoisotopic (exact) mass is 222 g/mol. The average Bonchev–Trinajstić information content (AvgIpc) is 0.918. The molecular weight excluding hydrogens is 219 g/mol. The number of rotatable bonds is 0. The van der Waals surface area contributed by atoms with Gasteiger partial charge < -0.3 is 0 Å². The van der Waals surface area contributed by atoms with Crippen molar-refractivity contribution in [3.63, 3.8) is 0 Å². The zero-order valence-electron chi connectivity index (χ0n) is 2.39. The van der Waals surface area contributed by atoms with Crippen molar-refractivity contribution in [1.82, 2.24) is 0 Å². The van der Waals surface area contributed by atoms with Gasteiger partial charge in [0.05, 0.1) is 6.07 Å². The predicted octanol–water partition coefficient (Wildman–Crippen LogP) is 0.527. The van der Waals surface area contributed by atoms with Gasteiger partial charge in [-0.2, -0.15) is 5.26 Å². The molecule has 0 heterocycles. The molecular formula is C2H3NTa. The van der Waals surface area contributed by atoms with E-state index in [1.165, 1.54) is 6.92 Å². The van der Waals surface area contributed by atoms with E-state index >= 15 is 0 Å². The Morgan fingerprint density at radius 3 is 1.75 bits per heavy atom. The molecule has 0 aromatic carbocycles. The normalized spacial score (nSPS) is 2.00. The van der Waals surface area contributed by atoms with E-state index in [1.54, 1.807) is 6.07 Å². The van der Waals surface area contributed by atoms with E-state index < -0.39 is 0 Å². The fourth-order valence-corrected chi connectivity index (χ4v) is 0. The maximum absolute atomic E-state index is 7.32. The molecule has 0 saturated heterocycles. The molecule has 0 aromatic rings. The molecule has 0 spiro atoms. The van der Waals surface area contributed by atoms with Crippen LogP contribution in [-0.2, 0) is 22.4 Å². The van der Waals surface area contributed by atoms with Gasteiger partial charge >= 0.3 is 0 Å². The Bertz CT molecular complexity index is 27.5. The molecule has 0 atom stereocenters. The van der Waals surface area contributed by atoms with Gasteiger partial charge in [0.25, 0.3) is 0 Å². The Hall–Kier alpha value is 0.230. The Kier molecular flexibility index (Phi) is 23.6. The SMILES string of the molecule is CC#N.[Ta]. The minimum atomic E-state index is 0. The standard InChI is InChI=1S/C2H3N.Ta/c1-2-3;/h1H3;. The maximum Gasteiger partial charge on any atom is 0.0587 e. The minimum absolute atomic E-state index is 0. The van der Waals surface area contributed by atoms with E-state index in [9.17, 15) is 0 Å². The van der Waals surface area contributed by atoms with Gasteiger partial charge in [0.15, 0.2) is 0 Å². The zero-order chi connectivity index (χ0) is 2.71. The first-order valence-corrected chi connectivity index (χ1v) is 0.724. The van der Waals surface area contributed by atoms with Gasteiger partial charge in [-0.1, -0.05) is 0 Å². The fraction of sp³-hybridized carbons (Fsp3) is 0.500. The van der Waals surface area contributed by atoms with Crippen molar-refractivity contribution in [2.75, 3.05) is 0 Å². The van der Waals surface area contributed by atoms with Gasteiger partial charge in [-0.05, 0) is 0 Å². The van der Waals surface area contributed by atoms with Crippen LogP contribution in [0.2, 0.25) is 0 Å². The van der Waals surface area contributed by atoms with Crippen LogP contribution in [0.25, 0.3) is 0 Å². The molecule has 0 aromatic heterocycles. The molecule has 0 aliphatic heterocycles. The quantitative estimate of drug-likeness (QED) is 0.586. The number of hydrogen-bond acceptors (Lipinski definition) is 1. The van der Waals surface area contributed by atoms with E-state index in [-0.39, 0.29) is 22.4 Å². The van der Waals surface area contributed by atoms with Gasteiger partial charge in [0.1, 0.15) is 0 Å². The molecule has 0 aliphatic carbocycles. The Labute approximate surface area is 41.1 Å². The van der Waals surface area contributed by atoms with E-state index in [0.717, 1.165) is 0 Å². The van der Waals surface area contributed by atoms with Crippen LogP contribution in [0.1, 0.15) is 6.92 Å². The number of hydrogen-bond donors (Lipinski definition) is 0. The third-order valence-electron chi connectivity index (χ3n) is 0. The molecule has 1 radical (unpaired) electrons. The third kappa shape index (κ3) is 63.7. The minimum Gasteiger partial charge on any atom is -0.199 e. The molecule has 0 aliphatic rings. The number of nitriles is 1. The van der Waals surface area contributed by atoms with E-state index in [1.807, 2.05) is 0 Å². The molecule has 1 nitrogen and oxygen atoms in total. The first kappa shape index (κ1) is 8.87. The third-order valence-corrected chi connectivity index (χ3v) is 0. The van der Waals surface area contributed by atoms with Gasteiger partial charge in [-0.25, -0.2) is 0 Å². The van der Waals surface area contributed by atoms with Crippen LogP contribution in [-0.4, -0.2) is 0 Å². The molecule has 21 valence electrons. The Balaban J connectivity index is 0. The van der Waals surface area contributed by atoms with Crippen molar-refractivity contribution in [2.24, 2.45) is 0 Å². The van der Waals surface area contributed by atoms with Crippen LogP contribution in [0.5, 0.6) is 0 Å². The summed E-state index contributed by atoms with van der Waals surface area (Å²) in [7, 11) is 0. The van der Waals surface area contributed by atoms with Gasteiger partial charge in [0, 0.05) is 29.3 Å². The van der Waals surface area contributed by atoms with Crippen molar-refractivity contribution >= 4 is 0 Å². The first-order chi connectivity index (χ1) is 1.41. The second kappa shape index (κ2) is 10.6. The first-order valence-electron chi connectivity index (χ1n) is 0.724.